The number of nitrogens with zero attached hydrogens (tertiary/aromatic N) is 3. The van der Waals surface area contributed by atoms with Gasteiger partial charge < -0.3 is 11.1 Å². The molecule has 2 aromatic carbocycles. The Labute approximate surface area is 166 Å². The lowest BCUT2D eigenvalue weighted by molar-refractivity contribution is 0.102. The van der Waals surface area contributed by atoms with Crippen molar-refractivity contribution in [2.75, 3.05) is 17.3 Å². The molecule has 0 unspecified atom stereocenters. The molecule has 0 saturated carbocycles. The zero-order chi connectivity index (χ0) is 19.5. The second-order valence-electron chi connectivity index (χ2n) is 6.27. The maximum absolute atomic E-state index is 12.5. The Hall–Kier alpha value is -3.32. The van der Waals surface area contributed by atoms with Gasteiger partial charge in [0.05, 0.1) is 17.9 Å². The maximum Gasteiger partial charge on any atom is 0.255 e. The van der Waals surface area contributed by atoms with E-state index in [-0.39, 0.29) is 5.91 Å². The van der Waals surface area contributed by atoms with Crippen molar-refractivity contribution in [1.29, 1.82) is 0 Å². The van der Waals surface area contributed by atoms with Crippen LogP contribution in [0.25, 0.3) is 11.2 Å². The summed E-state index contributed by atoms with van der Waals surface area (Å²) in [5.41, 5.74) is 10.4. The standard InChI is InChI=1S/C21H19N5OS/c1-28-21-25-18-7-4-12-23-19(18)26(21)13-14-8-10-15(11-9-14)20(27)24-17-6-3-2-5-16(17)22/h2-12H,13,22H2,1H3,(H,24,27). The number of nitrogen functional groups attached to an aromatic ring is 1. The Bertz CT molecular complexity index is 1140. The van der Waals surface area contributed by atoms with E-state index in [2.05, 4.69) is 19.9 Å². The molecule has 28 heavy (non-hydrogen) atoms. The Morgan fingerprint density at radius 1 is 1.11 bits per heavy atom. The molecule has 0 aliphatic heterocycles. The van der Waals surface area contributed by atoms with E-state index in [1.807, 2.05) is 54.8 Å². The van der Waals surface area contributed by atoms with Crippen LogP contribution in [0.1, 0.15) is 15.9 Å². The van der Waals surface area contributed by atoms with E-state index in [9.17, 15) is 4.79 Å². The second kappa shape index (κ2) is 7.74. The average molecular weight is 389 g/mol. The number of carbonyl (C=O) groups excluding carboxylic acids is 1. The number of hydrogen-bond donors (Lipinski definition) is 2. The van der Waals surface area contributed by atoms with Crippen LogP contribution in [0, 0.1) is 0 Å². The number of thioether (sulfide) groups is 1. The number of nitrogens with two attached hydrogens (primary N) is 1. The maximum atomic E-state index is 12.5. The van der Waals surface area contributed by atoms with Crippen molar-refractivity contribution in [1.82, 2.24) is 14.5 Å². The molecule has 6 nitrogen and oxygen atoms in total. The summed E-state index contributed by atoms with van der Waals surface area (Å²) in [5, 5.41) is 3.75. The number of pyridine rings is 1. The highest BCUT2D eigenvalue weighted by molar-refractivity contribution is 7.98. The third-order valence-electron chi connectivity index (χ3n) is 4.42. The molecule has 0 radical (unpaired) electrons. The fourth-order valence-corrected chi connectivity index (χ4v) is 3.55. The number of nitrogens with one attached hydrogen (secondary N) is 1. The number of fused-ring (bicyclic) bond motifs is 1. The van der Waals surface area contributed by atoms with Gasteiger partial charge in [-0.25, -0.2) is 9.97 Å². The first-order chi connectivity index (χ1) is 13.7. The second-order valence-corrected chi connectivity index (χ2v) is 7.04. The SMILES string of the molecule is CSc1nc2cccnc2n1Cc1ccc(C(=O)Nc2ccccc2N)cc1. The van der Waals surface area contributed by atoms with Crippen LogP contribution in [0.4, 0.5) is 11.4 Å². The van der Waals surface area contributed by atoms with E-state index < -0.39 is 0 Å². The van der Waals surface area contributed by atoms with Crippen LogP contribution in [-0.2, 0) is 6.54 Å². The molecule has 4 rings (SSSR count). The average Bonchev–Trinajstić information content (AvgIpc) is 3.08. The minimum absolute atomic E-state index is 0.191. The molecule has 2 aromatic heterocycles. The van der Waals surface area contributed by atoms with Crippen LogP contribution in [-0.4, -0.2) is 26.7 Å². The van der Waals surface area contributed by atoms with Gasteiger partial charge in [-0.3, -0.25) is 9.36 Å². The molecule has 0 bridgehead atoms. The molecular formula is C21H19N5OS. The zero-order valence-corrected chi connectivity index (χ0v) is 16.1. The number of aromatic nitrogens is 3. The third kappa shape index (κ3) is 3.57. The molecule has 0 atom stereocenters. The number of anilines is 2. The van der Waals surface area contributed by atoms with Gasteiger partial charge in [0.2, 0.25) is 0 Å². The van der Waals surface area contributed by atoms with E-state index in [0.717, 1.165) is 21.9 Å². The lowest BCUT2D eigenvalue weighted by atomic mass is 10.1. The first kappa shape index (κ1) is 18.1. The molecule has 2 heterocycles. The van der Waals surface area contributed by atoms with Gasteiger partial charge >= 0.3 is 0 Å². The zero-order valence-electron chi connectivity index (χ0n) is 15.3. The Morgan fingerprint density at radius 3 is 2.64 bits per heavy atom. The van der Waals surface area contributed by atoms with E-state index in [1.165, 1.54) is 0 Å². The van der Waals surface area contributed by atoms with Gasteiger partial charge in [0.15, 0.2) is 10.8 Å². The molecule has 0 spiro atoms. The van der Waals surface area contributed by atoms with Crippen molar-refractivity contribution in [3.05, 3.63) is 78.0 Å². The van der Waals surface area contributed by atoms with E-state index in [4.69, 9.17) is 5.73 Å². The molecule has 1 amide bonds. The van der Waals surface area contributed by atoms with E-state index in [1.54, 1.807) is 30.1 Å². The normalized spacial score (nSPS) is 10.9. The molecule has 7 heteroatoms. The lowest BCUT2D eigenvalue weighted by Crippen LogP contribution is -2.13. The van der Waals surface area contributed by atoms with Gasteiger partial charge in [-0.05, 0) is 48.2 Å². The number of carbonyl (C=O) groups is 1. The van der Waals surface area contributed by atoms with Crippen LogP contribution >= 0.6 is 11.8 Å². The summed E-state index contributed by atoms with van der Waals surface area (Å²) in [7, 11) is 0. The third-order valence-corrected chi connectivity index (χ3v) is 5.09. The minimum Gasteiger partial charge on any atom is -0.397 e. The Morgan fingerprint density at radius 2 is 1.89 bits per heavy atom. The van der Waals surface area contributed by atoms with Gasteiger partial charge in [-0.15, -0.1) is 0 Å². The summed E-state index contributed by atoms with van der Waals surface area (Å²) in [6.45, 7) is 0.636. The first-order valence-corrected chi connectivity index (χ1v) is 9.98. The summed E-state index contributed by atoms with van der Waals surface area (Å²) in [6.07, 6.45) is 3.77. The van der Waals surface area contributed by atoms with Crippen molar-refractivity contribution in [2.24, 2.45) is 0 Å². The van der Waals surface area contributed by atoms with Crippen LogP contribution in [0.5, 0.6) is 0 Å². The van der Waals surface area contributed by atoms with Gasteiger partial charge in [0.25, 0.3) is 5.91 Å². The molecule has 0 aliphatic rings. The summed E-state index contributed by atoms with van der Waals surface area (Å²) >= 11 is 1.59. The van der Waals surface area contributed by atoms with Crippen molar-refractivity contribution in [3.8, 4) is 0 Å². The van der Waals surface area contributed by atoms with Crippen LogP contribution in [0.3, 0.4) is 0 Å². The summed E-state index contributed by atoms with van der Waals surface area (Å²) in [5.74, 6) is -0.191. The number of rotatable bonds is 5. The smallest absolute Gasteiger partial charge is 0.255 e. The Balaban J connectivity index is 1.54. The van der Waals surface area contributed by atoms with Gasteiger partial charge in [0, 0.05) is 11.8 Å². The number of amides is 1. The summed E-state index contributed by atoms with van der Waals surface area (Å²) in [6, 6.07) is 18.6. The quantitative estimate of drug-likeness (QED) is 0.397. The van der Waals surface area contributed by atoms with Gasteiger partial charge in [-0.1, -0.05) is 36.0 Å². The van der Waals surface area contributed by atoms with E-state index in [0.29, 0.717) is 23.5 Å². The number of hydrogen-bond acceptors (Lipinski definition) is 5. The molecular weight excluding hydrogens is 370 g/mol. The monoisotopic (exact) mass is 389 g/mol. The lowest BCUT2D eigenvalue weighted by Gasteiger charge is -2.10. The summed E-state index contributed by atoms with van der Waals surface area (Å²) < 4.78 is 2.08. The van der Waals surface area contributed by atoms with E-state index >= 15 is 0 Å². The molecule has 0 aliphatic carbocycles. The first-order valence-electron chi connectivity index (χ1n) is 8.76. The summed E-state index contributed by atoms with van der Waals surface area (Å²) in [4.78, 5) is 21.5. The molecule has 140 valence electrons. The molecule has 0 fully saturated rings. The van der Waals surface area contributed by atoms with Crippen LogP contribution in [0.2, 0.25) is 0 Å². The topological polar surface area (TPSA) is 85.8 Å². The molecule has 3 N–H and O–H groups in total. The largest absolute Gasteiger partial charge is 0.397 e. The number of benzene rings is 2. The molecule has 0 saturated heterocycles. The predicted octanol–water partition coefficient (Wildman–Crippen LogP) is 4.04. The highest BCUT2D eigenvalue weighted by Crippen LogP contribution is 2.22. The number of imidazole rings is 1. The predicted molar refractivity (Wildman–Crippen MR) is 114 cm³/mol. The van der Waals surface area contributed by atoms with Crippen molar-refractivity contribution < 1.29 is 4.79 Å². The Kier molecular flexibility index (Phi) is 4.99. The highest BCUT2D eigenvalue weighted by Gasteiger charge is 2.12. The highest BCUT2D eigenvalue weighted by atomic mass is 32.2. The van der Waals surface area contributed by atoms with Crippen LogP contribution < -0.4 is 11.1 Å². The molecule has 4 aromatic rings. The van der Waals surface area contributed by atoms with Crippen molar-refractivity contribution in [2.45, 2.75) is 11.7 Å². The fourth-order valence-electron chi connectivity index (χ4n) is 2.99. The van der Waals surface area contributed by atoms with Crippen molar-refractivity contribution in [3.63, 3.8) is 0 Å². The van der Waals surface area contributed by atoms with Gasteiger partial charge in [0.1, 0.15) is 5.52 Å². The minimum atomic E-state index is -0.191. The van der Waals surface area contributed by atoms with Crippen molar-refractivity contribution >= 4 is 40.2 Å². The fraction of sp³-hybridized carbons (Fsp3) is 0.0952. The van der Waals surface area contributed by atoms with Crippen LogP contribution in [0.15, 0.2) is 72.0 Å². The number of para-hydroxylation sites is 2. The van der Waals surface area contributed by atoms with Gasteiger partial charge in [-0.2, -0.15) is 0 Å².